The van der Waals surface area contributed by atoms with Crippen molar-refractivity contribution < 1.29 is 9.53 Å². The van der Waals surface area contributed by atoms with Gasteiger partial charge in [-0.3, -0.25) is 4.79 Å². The summed E-state index contributed by atoms with van der Waals surface area (Å²) < 4.78 is 7.73. The van der Waals surface area contributed by atoms with Crippen LogP contribution in [0.3, 0.4) is 0 Å². The van der Waals surface area contributed by atoms with E-state index in [1.807, 2.05) is 12.1 Å². The second-order valence-electron chi connectivity index (χ2n) is 6.05. The van der Waals surface area contributed by atoms with Gasteiger partial charge in [-0.25, -0.2) is 0 Å². The topological polar surface area (TPSA) is 69.0 Å². The van der Waals surface area contributed by atoms with Crippen molar-refractivity contribution in [1.82, 2.24) is 20.1 Å². The largest absolute Gasteiger partial charge is 0.494 e. The van der Waals surface area contributed by atoms with Crippen LogP contribution >= 0.6 is 0 Å². The van der Waals surface area contributed by atoms with Gasteiger partial charge in [0.1, 0.15) is 11.6 Å². The maximum absolute atomic E-state index is 12.4. The SMILES string of the molecule is CCCOc1cccc(C(=O)NCc2nnc3n2CCCCC3)c1. The quantitative estimate of drug-likeness (QED) is 0.885. The van der Waals surface area contributed by atoms with Gasteiger partial charge in [0.05, 0.1) is 13.2 Å². The van der Waals surface area contributed by atoms with Crippen LogP contribution in [0.25, 0.3) is 0 Å². The number of aryl methyl sites for hydroxylation is 1. The maximum Gasteiger partial charge on any atom is 0.251 e. The van der Waals surface area contributed by atoms with E-state index in [2.05, 4.69) is 27.0 Å². The standard InChI is InChI=1S/C18H24N4O2/c1-2-11-24-15-8-6-7-14(12-15)18(23)19-13-17-21-20-16-9-4-3-5-10-22(16)17/h6-8,12H,2-5,9-11,13H2,1H3,(H,19,23). The molecule has 0 aliphatic carbocycles. The number of fused-ring (bicyclic) bond motifs is 1. The van der Waals surface area contributed by atoms with E-state index in [-0.39, 0.29) is 5.91 Å². The molecular formula is C18H24N4O2. The van der Waals surface area contributed by atoms with Crippen LogP contribution in [0.4, 0.5) is 0 Å². The van der Waals surface area contributed by atoms with Crippen LogP contribution < -0.4 is 10.1 Å². The van der Waals surface area contributed by atoms with Crippen molar-refractivity contribution in [3.8, 4) is 5.75 Å². The van der Waals surface area contributed by atoms with Gasteiger partial charge in [0.25, 0.3) is 5.91 Å². The molecule has 0 saturated carbocycles. The van der Waals surface area contributed by atoms with Crippen LogP contribution in [0.1, 0.15) is 54.6 Å². The molecule has 0 atom stereocenters. The van der Waals surface area contributed by atoms with E-state index in [4.69, 9.17) is 4.74 Å². The molecule has 0 saturated heterocycles. The number of carbonyl (C=O) groups excluding carboxylic acids is 1. The number of hydrogen-bond donors (Lipinski definition) is 1. The molecule has 1 aromatic heterocycles. The lowest BCUT2D eigenvalue weighted by atomic mass is 10.2. The highest BCUT2D eigenvalue weighted by Gasteiger charge is 2.15. The molecule has 0 radical (unpaired) electrons. The summed E-state index contributed by atoms with van der Waals surface area (Å²) in [5.74, 6) is 2.47. The number of nitrogens with zero attached hydrogens (tertiary/aromatic N) is 3. The first-order chi connectivity index (χ1) is 11.8. The highest BCUT2D eigenvalue weighted by atomic mass is 16.5. The molecule has 2 heterocycles. The molecule has 0 fully saturated rings. The summed E-state index contributed by atoms with van der Waals surface area (Å²) in [6, 6.07) is 7.27. The minimum atomic E-state index is -0.122. The normalized spacial score (nSPS) is 13.9. The molecule has 1 aliphatic rings. The van der Waals surface area contributed by atoms with Gasteiger partial charge in [-0.15, -0.1) is 10.2 Å². The van der Waals surface area contributed by atoms with Crippen molar-refractivity contribution in [3.63, 3.8) is 0 Å². The van der Waals surface area contributed by atoms with Gasteiger partial charge in [-0.2, -0.15) is 0 Å². The van der Waals surface area contributed by atoms with Crippen molar-refractivity contribution in [2.75, 3.05) is 6.61 Å². The Morgan fingerprint density at radius 3 is 3.08 bits per heavy atom. The Morgan fingerprint density at radius 2 is 2.21 bits per heavy atom. The average molecular weight is 328 g/mol. The number of hydrogen-bond acceptors (Lipinski definition) is 4. The fraction of sp³-hybridized carbons (Fsp3) is 0.500. The number of carbonyl (C=O) groups is 1. The number of ether oxygens (including phenoxy) is 1. The van der Waals surface area contributed by atoms with Crippen molar-refractivity contribution in [1.29, 1.82) is 0 Å². The van der Waals surface area contributed by atoms with Gasteiger partial charge >= 0.3 is 0 Å². The summed E-state index contributed by atoms with van der Waals surface area (Å²) in [4.78, 5) is 12.4. The molecule has 3 rings (SSSR count). The van der Waals surface area contributed by atoms with E-state index in [1.165, 1.54) is 6.42 Å². The van der Waals surface area contributed by atoms with E-state index >= 15 is 0 Å². The molecule has 1 aliphatic heterocycles. The van der Waals surface area contributed by atoms with E-state index in [9.17, 15) is 4.79 Å². The fourth-order valence-corrected chi connectivity index (χ4v) is 2.88. The summed E-state index contributed by atoms with van der Waals surface area (Å²) in [5.41, 5.74) is 0.596. The van der Waals surface area contributed by atoms with E-state index in [0.717, 1.165) is 49.6 Å². The van der Waals surface area contributed by atoms with Gasteiger partial charge in [-0.05, 0) is 37.5 Å². The number of amides is 1. The maximum atomic E-state index is 12.4. The van der Waals surface area contributed by atoms with Gasteiger partial charge < -0.3 is 14.6 Å². The van der Waals surface area contributed by atoms with Crippen molar-refractivity contribution in [2.45, 2.75) is 52.1 Å². The Kier molecular flexibility index (Phi) is 5.46. The van der Waals surface area contributed by atoms with Crippen LogP contribution in [-0.4, -0.2) is 27.3 Å². The molecule has 24 heavy (non-hydrogen) atoms. The van der Waals surface area contributed by atoms with E-state index < -0.39 is 0 Å². The Bertz CT molecular complexity index is 696. The first-order valence-corrected chi connectivity index (χ1v) is 8.70. The van der Waals surface area contributed by atoms with E-state index in [0.29, 0.717) is 18.7 Å². The third-order valence-electron chi connectivity index (χ3n) is 4.16. The molecular weight excluding hydrogens is 304 g/mol. The molecule has 6 nitrogen and oxygen atoms in total. The first kappa shape index (κ1) is 16.5. The number of nitrogens with one attached hydrogen (secondary N) is 1. The van der Waals surface area contributed by atoms with Crippen LogP contribution in [0.5, 0.6) is 5.75 Å². The molecule has 1 aromatic carbocycles. The number of rotatable bonds is 6. The second-order valence-corrected chi connectivity index (χ2v) is 6.05. The summed E-state index contributed by atoms with van der Waals surface area (Å²) in [6.45, 7) is 4.04. The molecule has 0 unspecified atom stereocenters. The van der Waals surface area contributed by atoms with Crippen LogP contribution in [0.2, 0.25) is 0 Å². The highest BCUT2D eigenvalue weighted by molar-refractivity contribution is 5.94. The molecule has 1 amide bonds. The fourth-order valence-electron chi connectivity index (χ4n) is 2.88. The molecule has 128 valence electrons. The zero-order valence-electron chi connectivity index (χ0n) is 14.1. The Hall–Kier alpha value is -2.37. The number of benzene rings is 1. The average Bonchev–Trinajstić information content (AvgIpc) is 2.84. The third-order valence-corrected chi connectivity index (χ3v) is 4.16. The van der Waals surface area contributed by atoms with E-state index in [1.54, 1.807) is 12.1 Å². The summed E-state index contributed by atoms with van der Waals surface area (Å²) in [5, 5.41) is 11.4. The van der Waals surface area contributed by atoms with Crippen LogP contribution in [-0.2, 0) is 19.5 Å². The van der Waals surface area contributed by atoms with Crippen molar-refractivity contribution >= 4 is 5.91 Å². The second kappa shape index (κ2) is 7.95. The molecule has 6 heteroatoms. The summed E-state index contributed by atoms with van der Waals surface area (Å²) in [7, 11) is 0. The molecule has 0 spiro atoms. The van der Waals surface area contributed by atoms with Crippen molar-refractivity contribution in [3.05, 3.63) is 41.5 Å². The highest BCUT2D eigenvalue weighted by Crippen LogP contribution is 2.15. The monoisotopic (exact) mass is 328 g/mol. The van der Waals surface area contributed by atoms with Crippen LogP contribution in [0.15, 0.2) is 24.3 Å². The van der Waals surface area contributed by atoms with Gasteiger partial charge in [0.2, 0.25) is 0 Å². The lowest BCUT2D eigenvalue weighted by molar-refractivity contribution is 0.0949. The minimum Gasteiger partial charge on any atom is -0.494 e. The number of aromatic nitrogens is 3. The smallest absolute Gasteiger partial charge is 0.251 e. The Morgan fingerprint density at radius 1 is 1.29 bits per heavy atom. The molecule has 1 N–H and O–H groups in total. The summed E-state index contributed by atoms with van der Waals surface area (Å²) >= 11 is 0. The zero-order valence-corrected chi connectivity index (χ0v) is 14.1. The predicted octanol–water partition coefficient (Wildman–Crippen LogP) is 2.72. The van der Waals surface area contributed by atoms with Crippen LogP contribution in [0, 0.1) is 0 Å². The first-order valence-electron chi connectivity index (χ1n) is 8.70. The van der Waals surface area contributed by atoms with Crippen molar-refractivity contribution in [2.24, 2.45) is 0 Å². The Labute approximate surface area is 142 Å². The Balaban J connectivity index is 1.62. The van der Waals surface area contributed by atoms with Gasteiger partial charge in [-0.1, -0.05) is 19.4 Å². The molecule has 0 bridgehead atoms. The lowest BCUT2D eigenvalue weighted by Gasteiger charge is -2.09. The minimum absolute atomic E-state index is 0.122. The zero-order chi connectivity index (χ0) is 16.8. The predicted molar refractivity (Wildman–Crippen MR) is 91.0 cm³/mol. The third kappa shape index (κ3) is 3.93. The van der Waals surface area contributed by atoms with Gasteiger partial charge in [0.15, 0.2) is 5.82 Å². The van der Waals surface area contributed by atoms with Gasteiger partial charge in [0, 0.05) is 18.5 Å². The molecule has 2 aromatic rings. The lowest BCUT2D eigenvalue weighted by Crippen LogP contribution is -2.25. The summed E-state index contributed by atoms with van der Waals surface area (Å²) in [6.07, 6.45) is 5.43.